The molecule has 1 aliphatic rings. The number of rotatable bonds is 11. The van der Waals surface area contributed by atoms with Crippen LogP contribution in [0.25, 0.3) is 16.8 Å². The van der Waals surface area contributed by atoms with Crippen molar-refractivity contribution in [2.24, 2.45) is 4.99 Å². The van der Waals surface area contributed by atoms with E-state index in [4.69, 9.17) is 14.1 Å². The fourth-order valence-electron chi connectivity index (χ4n) is 6.44. The second-order valence-electron chi connectivity index (χ2n) is 12.4. The number of benzene rings is 3. The van der Waals surface area contributed by atoms with Crippen LogP contribution in [-0.2, 0) is 15.7 Å². The average molecular weight is 618 g/mol. The standard InChI is InChI=1S/C38H43N3O3Si/c1-7-43-37(42)34-24-30-26-40-33(35(30)36(41-34)29-16-14-15-28(23-29)27(2)25-39-6)21-22-44-45(38(3,4)5,31-17-10-8-11-18-31)32-19-12-9-13-20-32/h8-20,23-25,33,40H,2,7,21-22,26H2,1,3-6H3/t33-/m1/s1. The van der Waals surface area contributed by atoms with E-state index in [1.165, 1.54) is 10.4 Å². The van der Waals surface area contributed by atoms with Gasteiger partial charge < -0.3 is 14.5 Å². The number of nitrogens with one attached hydrogen (secondary N) is 1. The van der Waals surface area contributed by atoms with Crippen LogP contribution in [0.5, 0.6) is 0 Å². The summed E-state index contributed by atoms with van der Waals surface area (Å²) < 4.78 is 12.6. The molecule has 1 atom stereocenters. The van der Waals surface area contributed by atoms with Gasteiger partial charge in [0.1, 0.15) is 5.69 Å². The zero-order valence-corrected chi connectivity index (χ0v) is 28.0. The van der Waals surface area contributed by atoms with E-state index in [9.17, 15) is 4.79 Å². The van der Waals surface area contributed by atoms with Crippen LogP contribution in [0, 0.1) is 0 Å². The van der Waals surface area contributed by atoms with Crippen molar-refractivity contribution in [3.8, 4) is 11.3 Å². The number of hydrogen-bond donors (Lipinski definition) is 1. The Balaban J connectivity index is 1.52. The summed E-state index contributed by atoms with van der Waals surface area (Å²) in [6.45, 7) is 14.4. The topological polar surface area (TPSA) is 72.8 Å². The number of aliphatic imine (C=N–C) groups is 1. The van der Waals surface area contributed by atoms with Gasteiger partial charge in [0.25, 0.3) is 8.32 Å². The van der Waals surface area contributed by atoms with Gasteiger partial charge in [-0.2, -0.15) is 0 Å². The maximum Gasteiger partial charge on any atom is 0.356 e. The number of hydrogen-bond acceptors (Lipinski definition) is 6. The van der Waals surface area contributed by atoms with Crippen molar-refractivity contribution in [1.29, 1.82) is 0 Å². The van der Waals surface area contributed by atoms with Crippen molar-refractivity contribution in [2.45, 2.75) is 51.7 Å². The first-order valence-electron chi connectivity index (χ1n) is 15.6. The fraction of sp³-hybridized carbons (Fsp3) is 0.289. The molecule has 4 aromatic rings. The zero-order chi connectivity index (χ0) is 32.0. The number of allylic oxidation sites excluding steroid dienone is 1. The highest BCUT2D eigenvalue weighted by atomic mass is 28.4. The van der Waals surface area contributed by atoms with Crippen molar-refractivity contribution < 1.29 is 14.0 Å². The minimum absolute atomic E-state index is 0.000947. The third-order valence-electron chi connectivity index (χ3n) is 8.45. The van der Waals surface area contributed by atoms with Gasteiger partial charge in [-0.3, -0.25) is 4.99 Å². The van der Waals surface area contributed by atoms with Gasteiger partial charge in [-0.15, -0.1) is 0 Å². The minimum atomic E-state index is -2.68. The Hall–Kier alpha value is -4.17. The number of carbonyl (C=O) groups excluding carboxylic acids is 1. The Labute approximate surface area is 268 Å². The Kier molecular flexibility index (Phi) is 9.92. The molecule has 0 radical (unpaired) electrons. The summed E-state index contributed by atoms with van der Waals surface area (Å²) >= 11 is 0. The molecule has 7 heteroatoms. The Bertz CT molecular complexity index is 1640. The predicted molar refractivity (Wildman–Crippen MR) is 187 cm³/mol. The molecule has 0 saturated carbocycles. The summed E-state index contributed by atoms with van der Waals surface area (Å²) in [7, 11) is -0.945. The molecule has 5 rings (SSSR count). The van der Waals surface area contributed by atoms with Gasteiger partial charge >= 0.3 is 5.97 Å². The molecular weight excluding hydrogens is 575 g/mol. The van der Waals surface area contributed by atoms with E-state index in [0.29, 0.717) is 25.5 Å². The first-order chi connectivity index (χ1) is 21.7. The first-order valence-corrected chi connectivity index (χ1v) is 17.5. The van der Waals surface area contributed by atoms with Crippen LogP contribution in [0.4, 0.5) is 0 Å². The molecular formula is C38H43N3O3Si. The monoisotopic (exact) mass is 617 g/mol. The number of carbonyl (C=O) groups is 1. The van der Waals surface area contributed by atoms with Crippen LogP contribution >= 0.6 is 0 Å². The lowest BCUT2D eigenvalue weighted by molar-refractivity contribution is 0.0519. The summed E-state index contributed by atoms with van der Waals surface area (Å²) in [5.41, 5.74) is 5.93. The van der Waals surface area contributed by atoms with Gasteiger partial charge in [0.05, 0.1) is 12.3 Å². The van der Waals surface area contributed by atoms with Crippen LogP contribution in [-0.4, -0.2) is 45.7 Å². The van der Waals surface area contributed by atoms with E-state index >= 15 is 0 Å². The molecule has 1 aromatic heterocycles. The number of aromatic nitrogens is 1. The molecule has 2 heterocycles. The average Bonchev–Trinajstić information content (AvgIpc) is 3.46. The van der Waals surface area contributed by atoms with Gasteiger partial charge in [0, 0.05) is 38.0 Å². The van der Waals surface area contributed by atoms with Crippen LogP contribution in [0.2, 0.25) is 5.04 Å². The molecule has 6 nitrogen and oxygen atoms in total. The quantitative estimate of drug-likeness (QED) is 0.115. The molecule has 0 saturated heterocycles. The molecule has 0 fully saturated rings. The van der Waals surface area contributed by atoms with E-state index < -0.39 is 14.3 Å². The molecule has 45 heavy (non-hydrogen) atoms. The molecule has 232 valence electrons. The summed E-state index contributed by atoms with van der Waals surface area (Å²) in [4.78, 5) is 21.9. The minimum Gasteiger partial charge on any atom is -0.461 e. The van der Waals surface area contributed by atoms with Gasteiger partial charge in [-0.25, -0.2) is 9.78 Å². The SMILES string of the molecule is C=C(C=NC)c1cccc(-c2nc(C(=O)OCC)cc3c2[C@@H](CCO[Si](c2ccccc2)(c2ccccc2)C(C)(C)C)NC3)c1. The van der Waals surface area contributed by atoms with Crippen LogP contribution in [0.1, 0.15) is 67.3 Å². The van der Waals surface area contributed by atoms with Gasteiger partial charge in [-0.05, 0) is 63.2 Å². The maximum absolute atomic E-state index is 12.9. The number of ether oxygens (including phenoxy) is 1. The van der Waals surface area contributed by atoms with E-state index in [2.05, 4.69) is 104 Å². The summed E-state index contributed by atoms with van der Waals surface area (Å²) in [5.74, 6) is -0.418. The van der Waals surface area contributed by atoms with Crippen LogP contribution in [0.15, 0.2) is 103 Å². The highest BCUT2D eigenvalue weighted by Gasteiger charge is 2.50. The third kappa shape index (κ3) is 6.61. The number of fused-ring (bicyclic) bond motifs is 1. The molecule has 0 aliphatic carbocycles. The molecule has 0 spiro atoms. The number of pyridine rings is 1. The fourth-order valence-corrected chi connectivity index (χ4v) is 11.0. The largest absolute Gasteiger partial charge is 0.461 e. The van der Waals surface area contributed by atoms with E-state index in [-0.39, 0.29) is 11.1 Å². The first kappa shape index (κ1) is 32.2. The Morgan fingerprint density at radius 1 is 1.02 bits per heavy atom. The molecule has 3 aromatic carbocycles. The second kappa shape index (κ2) is 13.9. The molecule has 0 unspecified atom stereocenters. The lowest BCUT2D eigenvalue weighted by Crippen LogP contribution is -2.66. The van der Waals surface area contributed by atoms with Crippen molar-refractivity contribution in [1.82, 2.24) is 10.3 Å². The number of nitrogens with zero attached hydrogens (tertiary/aromatic N) is 2. The van der Waals surface area contributed by atoms with Crippen molar-refractivity contribution in [3.05, 3.63) is 120 Å². The van der Waals surface area contributed by atoms with Gasteiger partial charge in [0.2, 0.25) is 0 Å². The van der Waals surface area contributed by atoms with E-state index in [1.807, 2.05) is 24.3 Å². The highest BCUT2D eigenvalue weighted by molar-refractivity contribution is 6.99. The summed E-state index contributed by atoms with van der Waals surface area (Å²) in [6.07, 6.45) is 2.50. The Morgan fingerprint density at radius 3 is 2.29 bits per heavy atom. The van der Waals surface area contributed by atoms with E-state index in [1.54, 1.807) is 20.2 Å². The smallest absolute Gasteiger partial charge is 0.356 e. The van der Waals surface area contributed by atoms with E-state index in [0.717, 1.165) is 39.9 Å². The zero-order valence-electron chi connectivity index (χ0n) is 27.0. The molecule has 1 N–H and O–H groups in total. The lowest BCUT2D eigenvalue weighted by Gasteiger charge is -2.43. The number of esters is 1. The van der Waals surface area contributed by atoms with Crippen LogP contribution < -0.4 is 15.7 Å². The maximum atomic E-state index is 12.9. The molecule has 0 bridgehead atoms. The van der Waals surface area contributed by atoms with Crippen molar-refractivity contribution >= 4 is 36.4 Å². The molecule has 1 aliphatic heterocycles. The van der Waals surface area contributed by atoms with Crippen LogP contribution in [0.3, 0.4) is 0 Å². The second-order valence-corrected chi connectivity index (χ2v) is 16.7. The summed E-state index contributed by atoms with van der Waals surface area (Å²) in [6, 6.07) is 31.4. The predicted octanol–water partition coefficient (Wildman–Crippen LogP) is 6.75. The molecule has 0 amide bonds. The Morgan fingerprint density at radius 2 is 1.69 bits per heavy atom. The normalized spacial score (nSPS) is 14.8. The third-order valence-corrected chi connectivity index (χ3v) is 13.5. The van der Waals surface area contributed by atoms with Crippen molar-refractivity contribution in [2.75, 3.05) is 20.3 Å². The van der Waals surface area contributed by atoms with Gasteiger partial charge in [-0.1, -0.05) is 106 Å². The van der Waals surface area contributed by atoms with Gasteiger partial charge in [0.15, 0.2) is 0 Å². The van der Waals surface area contributed by atoms with Crippen molar-refractivity contribution in [3.63, 3.8) is 0 Å². The summed E-state index contributed by atoms with van der Waals surface area (Å²) in [5, 5.41) is 6.11. The highest BCUT2D eigenvalue weighted by Crippen LogP contribution is 2.39. The lowest BCUT2D eigenvalue weighted by atomic mass is 9.94.